The lowest BCUT2D eigenvalue weighted by Gasteiger charge is -2.37. The molecule has 2 rings (SSSR count). The van der Waals surface area contributed by atoms with Crippen LogP contribution in [0.2, 0.25) is 0 Å². The molecule has 2 heterocycles. The highest BCUT2D eigenvalue weighted by molar-refractivity contribution is 7.72. The highest BCUT2D eigenvalue weighted by atomic mass is 31.2. The van der Waals surface area contributed by atoms with Gasteiger partial charge < -0.3 is 25.2 Å². The van der Waals surface area contributed by atoms with E-state index in [4.69, 9.17) is 4.74 Å². The van der Waals surface area contributed by atoms with Crippen LogP contribution in [0.4, 0.5) is 0 Å². The standard InChI is InChI=1S/C15H25N2O4P/c1-10-16-12(18)6-8-17(10)14-15(2,20)13(19)11(21-14)7-9-22(3,4)5/h6,8,11,13-14,19-20H,1,3,7,9H2,2,4-5H3,(H,16,18)/t11?,13-,14-,15-/m1/s1. The summed E-state index contributed by atoms with van der Waals surface area (Å²) < 4.78 is 5.88. The number of rotatable bonds is 4. The molecule has 2 aliphatic rings. The van der Waals surface area contributed by atoms with Gasteiger partial charge >= 0.3 is 0 Å². The molecule has 124 valence electrons. The van der Waals surface area contributed by atoms with Gasteiger partial charge in [-0.05, 0) is 32.8 Å². The molecule has 7 heteroatoms. The van der Waals surface area contributed by atoms with E-state index in [1.807, 2.05) is 0 Å². The molecule has 2 aliphatic heterocycles. The summed E-state index contributed by atoms with van der Waals surface area (Å²) in [6, 6.07) is 0. The van der Waals surface area contributed by atoms with Crippen LogP contribution in [0, 0.1) is 0 Å². The molecule has 3 N–H and O–H groups in total. The summed E-state index contributed by atoms with van der Waals surface area (Å²) in [5.41, 5.74) is -1.47. The number of hydrogen-bond acceptors (Lipinski definition) is 5. The van der Waals surface area contributed by atoms with Crippen molar-refractivity contribution in [2.24, 2.45) is 0 Å². The van der Waals surface area contributed by atoms with Gasteiger partial charge in [0.2, 0.25) is 0 Å². The summed E-state index contributed by atoms with van der Waals surface area (Å²) in [6.07, 6.45) is 6.20. The molecule has 1 amide bonds. The summed E-state index contributed by atoms with van der Waals surface area (Å²) in [7, 11) is 0. The lowest BCUT2D eigenvalue weighted by Crippen LogP contribution is -2.53. The second-order valence-corrected chi connectivity index (χ2v) is 11.1. The van der Waals surface area contributed by atoms with E-state index in [1.54, 1.807) is 0 Å². The van der Waals surface area contributed by atoms with Gasteiger partial charge in [0, 0.05) is 12.3 Å². The number of aliphatic hydroxyl groups excluding tert-OH is 1. The average Bonchev–Trinajstić information content (AvgIpc) is 2.59. The zero-order chi connectivity index (χ0) is 16.7. The topological polar surface area (TPSA) is 82.0 Å². The molecule has 1 saturated heterocycles. The maximum absolute atomic E-state index is 11.3. The first-order valence-electron chi connectivity index (χ1n) is 7.22. The minimum atomic E-state index is -1.47. The van der Waals surface area contributed by atoms with E-state index in [1.165, 1.54) is 24.1 Å². The molecule has 0 bridgehead atoms. The van der Waals surface area contributed by atoms with Gasteiger partial charge in [0.05, 0.1) is 6.10 Å². The normalized spacial score (nSPS) is 35.9. The molecule has 6 nitrogen and oxygen atoms in total. The van der Waals surface area contributed by atoms with Crippen LogP contribution >= 0.6 is 6.89 Å². The SMILES string of the molecule is C=C1NC(=O)C=CN1[C@@H]1OC(CCP(=C)(C)C)[C@@H](O)[C@@]1(C)O. The average molecular weight is 328 g/mol. The molecule has 0 aromatic heterocycles. The first kappa shape index (κ1) is 17.3. The van der Waals surface area contributed by atoms with Crippen molar-refractivity contribution < 1.29 is 19.7 Å². The van der Waals surface area contributed by atoms with E-state index >= 15 is 0 Å². The fourth-order valence-corrected chi connectivity index (χ4v) is 3.61. The summed E-state index contributed by atoms with van der Waals surface area (Å²) in [5, 5.41) is 23.6. The molecule has 0 aromatic carbocycles. The third-order valence-corrected chi connectivity index (χ3v) is 5.46. The van der Waals surface area contributed by atoms with Gasteiger partial charge in [-0.2, -0.15) is 0 Å². The summed E-state index contributed by atoms with van der Waals surface area (Å²) in [6.45, 7) is 8.29. The lowest BCUT2D eigenvalue weighted by atomic mass is 9.95. The van der Waals surface area contributed by atoms with E-state index in [0.717, 1.165) is 6.16 Å². The van der Waals surface area contributed by atoms with Crippen molar-refractivity contribution in [3.8, 4) is 0 Å². The summed E-state index contributed by atoms with van der Waals surface area (Å²) >= 11 is 0. The maximum atomic E-state index is 11.3. The van der Waals surface area contributed by atoms with Crippen molar-refractivity contribution in [1.82, 2.24) is 10.2 Å². The molecule has 22 heavy (non-hydrogen) atoms. The quantitative estimate of drug-likeness (QED) is 0.648. The van der Waals surface area contributed by atoms with E-state index in [0.29, 0.717) is 12.2 Å². The summed E-state index contributed by atoms with van der Waals surface area (Å²) in [5.74, 6) is 0.0372. The van der Waals surface area contributed by atoms with Crippen LogP contribution in [0.25, 0.3) is 0 Å². The Kier molecular flexibility index (Phi) is 4.60. The number of nitrogens with one attached hydrogen (secondary N) is 1. The Labute approximate surface area is 131 Å². The second kappa shape index (κ2) is 5.85. The Morgan fingerprint density at radius 3 is 2.73 bits per heavy atom. The van der Waals surface area contributed by atoms with Crippen LogP contribution in [0.3, 0.4) is 0 Å². The largest absolute Gasteiger partial charge is 0.387 e. The molecule has 4 atom stereocenters. The van der Waals surface area contributed by atoms with Crippen LogP contribution in [0.5, 0.6) is 0 Å². The number of hydrogen-bond donors (Lipinski definition) is 3. The molecule has 0 aliphatic carbocycles. The predicted octanol–water partition coefficient (Wildman–Crippen LogP) is 0.339. The van der Waals surface area contributed by atoms with Gasteiger partial charge in [0.25, 0.3) is 5.91 Å². The van der Waals surface area contributed by atoms with Crippen molar-refractivity contribution in [3.63, 3.8) is 0 Å². The predicted molar refractivity (Wildman–Crippen MR) is 88.9 cm³/mol. The Morgan fingerprint density at radius 1 is 1.55 bits per heavy atom. The minimum Gasteiger partial charge on any atom is -0.387 e. The van der Waals surface area contributed by atoms with Crippen LogP contribution in [-0.4, -0.2) is 70.8 Å². The van der Waals surface area contributed by atoms with Gasteiger partial charge in [0.15, 0.2) is 6.23 Å². The highest BCUT2D eigenvalue weighted by Crippen LogP contribution is 2.41. The van der Waals surface area contributed by atoms with Crippen LogP contribution < -0.4 is 5.32 Å². The van der Waals surface area contributed by atoms with Gasteiger partial charge in [-0.1, -0.05) is 6.58 Å². The van der Waals surface area contributed by atoms with Crippen molar-refractivity contribution >= 4 is 19.1 Å². The Bertz CT molecular complexity index is 552. The van der Waals surface area contributed by atoms with E-state index in [9.17, 15) is 15.0 Å². The van der Waals surface area contributed by atoms with Crippen molar-refractivity contribution in [3.05, 3.63) is 24.7 Å². The second-order valence-electron chi connectivity index (χ2n) is 6.80. The molecule has 0 radical (unpaired) electrons. The number of amides is 1. The molecular weight excluding hydrogens is 303 g/mol. The first-order chi connectivity index (χ1) is 10.0. The van der Waals surface area contributed by atoms with E-state index in [2.05, 4.69) is 31.5 Å². The molecular formula is C15H25N2O4P. The first-order valence-corrected chi connectivity index (χ1v) is 10.3. The number of aliphatic hydroxyl groups is 2. The number of carbonyl (C=O) groups excluding carboxylic acids is 1. The van der Waals surface area contributed by atoms with Gasteiger partial charge in [-0.25, -0.2) is 0 Å². The maximum Gasteiger partial charge on any atom is 0.250 e. The minimum absolute atomic E-state index is 0.278. The Balaban J connectivity index is 2.16. The fourth-order valence-electron chi connectivity index (χ4n) is 2.66. The van der Waals surface area contributed by atoms with Crippen molar-refractivity contribution in [1.29, 1.82) is 0 Å². The molecule has 0 aromatic rings. The van der Waals surface area contributed by atoms with E-state index in [-0.39, 0.29) is 5.91 Å². The van der Waals surface area contributed by atoms with Gasteiger partial charge in [-0.15, -0.1) is 13.2 Å². The van der Waals surface area contributed by atoms with Crippen LogP contribution in [0.1, 0.15) is 13.3 Å². The lowest BCUT2D eigenvalue weighted by molar-refractivity contribution is -0.123. The number of nitrogens with zero attached hydrogens (tertiary/aromatic N) is 1. The summed E-state index contributed by atoms with van der Waals surface area (Å²) in [4.78, 5) is 12.8. The molecule has 0 saturated carbocycles. The Morgan fingerprint density at radius 2 is 2.18 bits per heavy atom. The zero-order valence-electron chi connectivity index (χ0n) is 13.3. The van der Waals surface area contributed by atoms with Crippen LogP contribution in [-0.2, 0) is 9.53 Å². The number of ether oxygens (including phenoxy) is 1. The van der Waals surface area contributed by atoms with Crippen molar-refractivity contribution in [2.75, 3.05) is 19.5 Å². The third-order valence-electron chi connectivity index (χ3n) is 3.99. The van der Waals surface area contributed by atoms with Gasteiger partial charge in [0.1, 0.15) is 17.5 Å². The molecule has 1 unspecified atom stereocenters. The smallest absolute Gasteiger partial charge is 0.250 e. The Hall–Kier alpha value is -1.07. The zero-order valence-corrected chi connectivity index (χ0v) is 14.2. The molecule has 1 fully saturated rings. The fraction of sp³-hybridized carbons (Fsp3) is 0.600. The number of carbonyl (C=O) groups is 1. The van der Waals surface area contributed by atoms with Crippen LogP contribution in [0.15, 0.2) is 24.7 Å². The monoisotopic (exact) mass is 328 g/mol. The van der Waals surface area contributed by atoms with E-state index < -0.39 is 30.9 Å². The van der Waals surface area contributed by atoms with Crippen molar-refractivity contribution in [2.45, 2.75) is 37.4 Å². The highest BCUT2D eigenvalue weighted by Gasteiger charge is 2.54. The molecule has 0 spiro atoms. The van der Waals surface area contributed by atoms with Gasteiger partial charge in [-0.3, -0.25) is 4.79 Å². The third kappa shape index (κ3) is 3.46.